The van der Waals surface area contributed by atoms with Gasteiger partial charge < -0.3 is 5.32 Å². The molecule has 1 fully saturated rings. The van der Waals surface area contributed by atoms with Crippen molar-refractivity contribution in [2.75, 3.05) is 13.1 Å². The van der Waals surface area contributed by atoms with Crippen molar-refractivity contribution in [3.05, 3.63) is 70.5 Å². The lowest BCUT2D eigenvalue weighted by atomic mass is 9.96. The SMILES string of the molecule is CCc1ccc(CC)c(CNC(=O)C2CCN(S(=O)(=O)Cc3ccc(F)cc3)CC2)c1. The third kappa shape index (κ3) is 6.14. The fourth-order valence-corrected chi connectivity index (χ4v) is 5.58. The highest BCUT2D eigenvalue weighted by Crippen LogP contribution is 2.22. The maximum absolute atomic E-state index is 13.0. The van der Waals surface area contributed by atoms with E-state index in [0.717, 1.165) is 18.4 Å². The molecule has 168 valence electrons. The second-order valence-corrected chi connectivity index (χ2v) is 10.1. The smallest absolute Gasteiger partial charge is 0.223 e. The van der Waals surface area contributed by atoms with Gasteiger partial charge >= 0.3 is 0 Å². The van der Waals surface area contributed by atoms with Gasteiger partial charge in [0.2, 0.25) is 15.9 Å². The molecule has 1 aliphatic heterocycles. The number of hydrogen-bond acceptors (Lipinski definition) is 3. The first-order chi connectivity index (χ1) is 14.8. The molecule has 0 bridgehead atoms. The quantitative estimate of drug-likeness (QED) is 0.671. The summed E-state index contributed by atoms with van der Waals surface area (Å²) in [6, 6.07) is 11.9. The maximum Gasteiger partial charge on any atom is 0.223 e. The molecule has 1 saturated heterocycles. The van der Waals surface area contributed by atoms with Crippen LogP contribution in [-0.2, 0) is 40.0 Å². The van der Waals surface area contributed by atoms with E-state index in [1.807, 2.05) is 0 Å². The average molecular weight is 447 g/mol. The molecule has 3 rings (SSSR count). The highest BCUT2D eigenvalue weighted by Gasteiger charge is 2.31. The van der Waals surface area contributed by atoms with Crippen LogP contribution in [0.4, 0.5) is 4.39 Å². The molecular weight excluding hydrogens is 415 g/mol. The molecule has 0 unspecified atom stereocenters. The van der Waals surface area contributed by atoms with Gasteiger partial charge in [-0.25, -0.2) is 17.1 Å². The zero-order chi connectivity index (χ0) is 22.4. The number of carbonyl (C=O) groups excluding carboxylic acids is 1. The molecule has 2 aromatic carbocycles. The van der Waals surface area contributed by atoms with E-state index in [9.17, 15) is 17.6 Å². The minimum atomic E-state index is -3.49. The van der Waals surface area contributed by atoms with Crippen molar-refractivity contribution in [3.63, 3.8) is 0 Å². The normalized spacial score (nSPS) is 15.7. The van der Waals surface area contributed by atoms with Crippen LogP contribution in [0.5, 0.6) is 0 Å². The highest BCUT2D eigenvalue weighted by molar-refractivity contribution is 7.88. The van der Waals surface area contributed by atoms with E-state index in [2.05, 4.69) is 37.4 Å². The Bertz CT molecular complexity index is 998. The minimum Gasteiger partial charge on any atom is -0.352 e. The predicted molar refractivity (Wildman–Crippen MR) is 120 cm³/mol. The van der Waals surface area contributed by atoms with E-state index in [0.29, 0.717) is 38.0 Å². The zero-order valence-electron chi connectivity index (χ0n) is 18.2. The summed E-state index contributed by atoms with van der Waals surface area (Å²) in [5.74, 6) is -0.741. The third-order valence-corrected chi connectivity index (χ3v) is 7.84. The summed E-state index contributed by atoms with van der Waals surface area (Å²) in [5.41, 5.74) is 4.19. The first-order valence-corrected chi connectivity index (χ1v) is 12.5. The number of aryl methyl sites for hydroxylation is 2. The number of hydrogen-bond donors (Lipinski definition) is 1. The van der Waals surface area contributed by atoms with Gasteiger partial charge in [0.05, 0.1) is 5.75 Å². The molecule has 1 aliphatic rings. The summed E-state index contributed by atoms with van der Waals surface area (Å²) < 4.78 is 39.9. The third-order valence-electron chi connectivity index (χ3n) is 5.99. The van der Waals surface area contributed by atoms with E-state index >= 15 is 0 Å². The van der Waals surface area contributed by atoms with Gasteiger partial charge in [-0.1, -0.05) is 44.2 Å². The van der Waals surface area contributed by atoms with Gasteiger partial charge in [-0.2, -0.15) is 0 Å². The van der Waals surface area contributed by atoms with Crippen LogP contribution in [0, 0.1) is 11.7 Å². The standard InChI is InChI=1S/C24H31FN2O3S/c1-3-18-5-8-20(4-2)22(15-18)16-26-24(28)21-11-13-27(14-12-21)31(29,30)17-19-6-9-23(25)10-7-19/h5-10,15,21H,3-4,11-14,16-17H2,1-2H3,(H,26,28). The summed E-state index contributed by atoms with van der Waals surface area (Å²) >= 11 is 0. The molecule has 2 aromatic rings. The van der Waals surface area contributed by atoms with Gasteiger partial charge in [0, 0.05) is 25.6 Å². The zero-order valence-corrected chi connectivity index (χ0v) is 19.1. The van der Waals surface area contributed by atoms with Crippen LogP contribution < -0.4 is 5.32 Å². The molecular formula is C24H31FN2O3S. The van der Waals surface area contributed by atoms with Gasteiger partial charge in [-0.05, 0) is 60.1 Å². The van der Waals surface area contributed by atoms with E-state index in [1.54, 1.807) is 0 Å². The lowest BCUT2D eigenvalue weighted by molar-refractivity contribution is -0.126. The van der Waals surface area contributed by atoms with Crippen molar-refractivity contribution in [2.24, 2.45) is 5.92 Å². The molecule has 1 N–H and O–H groups in total. The molecule has 0 radical (unpaired) electrons. The average Bonchev–Trinajstić information content (AvgIpc) is 2.78. The summed E-state index contributed by atoms with van der Waals surface area (Å²) in [4.78, 5) is 12.7. The number of rotatable bonds is 8. The Morgan fingerprint density at radius 3 is 2.26 bits per heavy atom. The number of halogens is 1. The van der Waals surface area contributed by atoms with Crippen molar-refractivity contribution in [2.45, 2.75) is 51.8 Å². The molecule has 31 heavy (non-hydrogen) atoms. The van der Waals surface area contributed by atoms with Crippen molar-refractivity contribution >= 4 is 15.9 Å². The molecule has 1 heterocycles. The van der Waals surface area contributed by atoms with Crippen molar-refractivity contribution < 1.29 is 17.6 Å². The number of benzene rings is 2. The van der Waals surface area contributed by atoms with Gasteiger partial charge in [0.25, 0.3) is 0 Å². The summed E-state index contributed by atoms with van der Waals surface area (Å²) in [6.45, 7) is 5.37. The van der Waals surface area contributed by atoms with Crippen molar-refractivity contribution in [3.8, 4) is 0 Å². The van der Waals surface area contributed by atoms with E-state index in [1.165, 1.54) is 39.7 Å². The number of nitrogens with zero attached hydrogens (tertiary/aromatic N) is 1. The first kappa shape index (κ1) is 23.4. The second kappa shape index (κ2) is 10.4. The van der Waals surface area contributed by atoms with Crippen LogP contribution in [0.2, 0.25) is 0 Å². The molecule has 0 atom stereocenters. The van der Waals surface area contributed by atoms with E-state index in [4.69, 9.17) is 0 Å². The topological polar surface area (TPSA) is 66.5 Å². The Morgan fingerprint density at radius 2 is 1.65 bits per heavy atom. The number of piperidine rings is 1. The van der Waals surface area contributed by atoms with Gasteiger partial charge in [0.1, 0.15) is 5.82 Å². The van der Waals surface area contributed by atoms with Crippen LogP contribution in [0.15, 0.2) is 42.5 Å². The summed E-state index contributed by atoms with van der Waals surface area (Å²) in [6.07, 6.45) is 2.88. The van der Waals surface area contributed by atoms with E-state index < -0.39 is 10.0 Å². The molecule has 1 amide bonds. The number of carbonyl (C=O) groups is 1. The Balaban J connectivity index is 1.53. The van der Waals surface area contributed by atoms with Crippen molar-refractivity contribution in [1.82, 2.24) is 9.62 Å². The van der Waals surface area contributed by atoms with E-state index in [-0.39, 0.29) is 23.4 Å². The molecule has 5 nitrogen and oxygen atoms in total. The van der Waals surface area contributed by atoms with Crippen LogP contribution in [-0.4, -0.2) is 31.7 Å². The summed E-state index contributed by atoms with van der Waals surface area (Å²) in [5, 5.41) is 3.05. The lowest BCUT2D eigenvalue weighted by Crippen LogP contribution is -2.43. The van der Waals surface area contributed by atoms with Gasteiger partial charge in [0.15, 0.2) is 0 Å². The molecule has 0 aromatic heterocycles. The van der Waals surface area contributed by atoms with Crippen LogP contribution in [0.25, 0.3) is 0 Å². The number of amides is 1. The van der Waals surface area contributed by atoms with Crippen LogP contribution >= 0.6 is 0 Å². The first-order valence-electron chi connectivity index (χ1n) is 10.9. The Morgan fingerprint density at radius 1 is 1.00 bits per heavy atom. The second-order valence-electron chi connectivity index (χ2n) is 8.08. The minimum absolute atomic E-state index is 0.0143. The monoisotopic (exact) mass is 446 g/mol. The largest absolute Gasteiger partial charge is 0.352 e. The molecule has 0 saturated carbocycles. The van der Waals surface area contributed by atoms with Gasteiger partial charge in [-0.3, -0.25) is 4.79 Å². The van der Waals surface area contributed by atoms with Crippen LogP contribution in [0.1, 0.15) is 48.9 Å². The lowest BCUT2D eigenvalue weighted by Gasteiger charge is -2.30. The highest BCUT2D eigenvalue weighted by atomic mass is 32.2. The Labute approximate surface area is 184 Å². The molecule has 7 heteroatoms. The predicted octanol–water partition coefficient (Wildman–Crippen LogP) is 3.81. The number of sulfonamides is 1. The summed E-state index contributed by atoms with van der Waals surface area (Å²) in [7, 11) is -3.49. The fraction of sp³-hybridized carbons (Fsp3) is 0.458. The van der Waals surface area contributed by atoms with Crippen LogP contribution in [0.3, 0.4) is 0 Å². The van der Waals surface area contributed by atoms with Crippen molar-refractivity contribution in [1.29, 1.82) is 0 Å². The maximum atomic E-state index is 13.0. The van der Waals surface area contributed by atoms with Gasteiger partial charge in [-0.15, -0.1) is 0 Å². The molecule has 0 spiro atoms. The molecule has 0 aliphatic carbocycles. The Hall–Kier alpha value is -2.25. The Kier molecular flexibility index (Phi) is 7.84. The number of nitrogens with one attached hydrogen (secondary N) is 1. The fourth-order valence-electron chi connectivity index (χ4n) is 4.01.